The molecule has 0 radical (unpaired) electrons. The van der Waals surface area contributed by atoms with Gasteiger partial charge in [0.25, 0.3) is 0 Å². The number of Topliss-reactive ketones (excluding diaryl/α,β-unsaturated/α-hetero) is 1. The number of aromatic nitrogens is 3. The van der Waals surface area contributed by atoms with E-state index in [1.807, 2.05) is 42.5 Å². The van der Waals surface area contributed by atoms with Crippen LogP contribution in [0.15, 0.2) is 53.7 Å². The number of hydrogen-bond donors (Lipinski definition) is 1. The summed E-state index contributed by atoms with van der Waals surface area (Å²) in [6.07, 6.45) is 1.23. The number of methoxy groups -OCH3 is 3. The molecule has 1 aliphatic carbocycles. The Hall–Kier alpha value is -3.81. The molecule has 8 nitrogen and oxygen atoms in total. The number of ketones is 1. The lowest BCUT2D eigenvalue weighted by molar-refractivity contribution is -0.118. The number of carbonyl (C=O) groups is 1. The van der Waals surface area contributed by atoms with Gasteiger partial charge in [-0.25, -0.2) is 4.68 Å². The highest BCUT2D eigenvalue weighted by atomic mass is 16.5. The van der Waals surface area contributed by atoms with E-state index in [0.29, 0.717) is 35.4 Å². The summed E-state index contributed by atoms with van der Waals surface area (Å²) < 4.78 is 18.3. The first-order chi connectivity index (χ1) is 16.3. The lowest BCUT2D eigenvalue weighted by Gasteiger charge is -2.38. The number of hydrogen-bond acceptors (Lipinski definition) is 7. The van der Waals surface area contributed by atoms with Gasteiger partial charge in [-0.05, 0) is 36.1 Å². The fourth-order valence-electron chi connectivity index (χ4n) is 4.89. The first-order valence-corrected chi connectivity index (χ1v) is 11.2. The summed E-state index contributed by atoms with van der Waals surface area (Å²) in [5, 5.41) is 8.27. The van der Waals surface area contributed by atoms with Crippen LogP contribution < -0.4 is 19.5 Å². The normalized spacial score (nSPS) is 18.6. The first kappa shape index (κ1) is 22.0. The Balaban J connectivity index is 1.68. The molecule has 2 aromatic carbocycles. The molecule has 2 aliphatic rings. The van der Waals surface area contributed by atoms with Crippen LogP contribution in [0.4, 0.5) is 5.95 Å². The van der Waals surface area contributed by atoms with E-state index < -0.39 is 6.04 Å². The molecule has 1 aliphatic heterocycles. The summed E-state index contributed by atoms with van der Waals surface area (Å²) in [4.78, 5) is 18.2. The number of rotatable bonds is 5. The van der Waals surface area contributed by atoms with Gasteiger partial charge in [0.05, 0.1) is 21.3 Å². The third kappa shape index (κ3) is 3.59. The average Bonchev–Trinajstić information content (AvgIpc) is 3.25. The first-order valence-electron chi connectivity index (χ1n) is 11.2. The van der Waals surface area contributed by atoms with Crippen molar-refractivity contribution in [3.63, 3.8) is 0 Å². The van der Waals surface area contributed by atoms with Gasteiger partial charge >= 0.3 is 0 Å². The van der Waals surface area contributed by atoms with E-state index in [0.717, 1.165) is 28.8 Å². The quantitative estimate of drug-likeness (QED) is 0.594. The molecule has 1 atom stereocenters. The second kappa shape index (κ2) is 8.20. The molecule has 8 heteroatoms. The van der Waals surface area contributed by atoms with Crippen molar-refractivity contribution < 1.29 is 19.0 Å². The molecule has 0 saturated carbocycles. The van der Waals surface area contributed by atoms with Crippen LogP contribution in [0.5, 0.6) is 17.2 Å². The largest absolute Gasteiger partial charge is 0.496 e. The number of nitrogens with one attached hydrogen (secondary N) is 1. The van der Waals surface area contributed by atoms with Crippen LogP contribution in [-0.2, 0) is 4.79 Å². The lowest BCUT2D eigenvalue weighted by atomic mass is 9.73. The van der Waals surface area contributed by atoms with Gasteiger partial charge in [0.15, 0.2) is 23.1 Å². The summed E-state index contributed by atoms with van der Waals surface area (Å²) >= 11 is 0. The average molecular weight is 461 g/mol. The number of fused-ring (bicyclic) bond motifs is 1. The summed E-state index contributed by atoms with van der Waals surface area (Å²) in [5.74, 6) is 3.15. The Morgan fingerprint density at radius 3 is 2.44 bits per heavy atom. The summed E-state index contributed by atoms with van der Waals surface area (Å²) in [7, 11) is 4.83. The van der Waals surface area contributed by atoms with Crippen molar-refractivity contribution in [2.75, 3.05) is 26.6 Å². The molecular formula is C26H28N4O4. The highest BCUT2D eigenvalue weighted by Crippen LogP contribution is 2.47. The van der Waals surface area contributed by atoms with Crippen LogP contribution in [0.3, 0.4) is 0 Å². The van der Waals surface area contributed by atoms with E-state index in [2.05, 4.69) is 19.2 Å². The van der Waals surface area contributed by atoms with E-state index in [1.165, 1.54) is 0 Å². The fourth-order valence-corrected chi connectivity index (χ4v) is 4.89. The zero-order valence-electron chi connectivity index (χ0n) is 20.0. The van der Waals surface area contributed by atoms with Gasteiger partial charge in [-0.2, -0.15) is 4.98 Å². The van der Waals surface area contributed by atoms with Crippen molar-refractivity contribution in [1.29, 1.82) is 0 Å². The minimum atomic E-state index is -0.438. The van der Waals surface area contributed by atoms with Crippen molar-refractivity contribution in [2.45, 2.75) is 32.7 Å². The summed E-state index contributed by atoms with van der Waals surface area (Å²) in [5.41, 5.74) is 3.14. The molecule has 0 spiro atoms. The lowest BCUT2D eigenvalue weighted by Crippen LogP contribution is -2.36. The zero-order valence-corrected chi connectivity index (χ0v) is 20.0. The Morgan fingerprint density at radius 2 is 1.71 bits per heavy atom. The Kier molecular flexibility index (Phi) is 5.31. The van der Waals surface area contributed by atoms with Crippen LogP contribution in [0, 0.1) is 5.41 Å². The molecule has 34 heavy (non-hydrogen) atoms. The highest BCUT2D eigenvalue weighted by molar-refractivity contribution is 6.00. The SMILES string of the molecule is COc1ccc(-c2nc3n(n2)C(c2ccccc2OC)C2=C(CC(C)(C)CC2=O)N3)cc1OC. The van der Waals surface area contributed by atoms with Gasteiger partial charge in [-0.15, -0.1) is 5.10 Å². The second-order valence-electron chi connectivity index (χ2n) is 9.38. The maximum Gasteiger partial charge on any atom is 0.226 e. The molecule has 3 aromatic rings. The smallest absolute Gasteiger partial charge is 0.226 e. The van der Waals surface area contributed by atoms with E-state index in [9.17, 15) is 4.79 Å². The molecule has 5 rings (SSSR count). The number of benzene rings is 2. The zero-order chi connectivity index (χ0) is 24.0. The number of allylic oxidation sites excluding steroid dienone is 2. The second-order valence-corrected chi connectivity index (χ2v) is 9.38. The predicted octanol–water partition coefficient (Wildman–Crippen LogP) is 4.63. The molecule has 0 amide bonds. The van der Waals surface area contributed by atoms with Gasteiger partial charge in [0.1, 0.15) is 11.8 Å². The van der Waals surface area contributed by atoms with Crippen molar-refractivity contribution in [1.82, 2.24) is 14.8 Å². The van der Waals surface area contributed by atoms with Gasteiger partial charge in [-0.1, -0.05) is 32.0 Å². The third-order valence-electron chi connectivity index (χ3n) is 6.41. The van der Waals surface area contributed by atoms with Crippen LogP contribution >= 0.6 is 0 Å². The molecule has 0 saturated heterocycles. The van der Waals surface area contributed by atoms with Crippen molar-refractivity contribution in [2.24, 2.45) is 5.41 Å². The van der Waals surface area contributed by atoms with Crippen LogP contribution in [0.2, 0.25) is 0 Å². The number of nitrogens with zero attached hydrogens (tertiary/aromatic N) is 3. The topological polar surface area (TPSA) is 87.5 Å². The molecule has 1 unspecified atom stereocenters. The van der Waals surface area contributed by atoms with Gasteiger partial charge in [0.2, 0.25) is 5.95 Å². The Bertz CT molecular complexity index is 1310. The monoisotopic (exact) mass is 460 g/mol. The third-order valence-corrected chi connectivity index (χ3v) is 6.41. The van der Waals surface area contributed by atoms with Gasteiger partial charge in [0, 0.05) is 28.8 Å². The van der Waals surface area contributed by atoms with Crippen LogP contribution in [0.25, 0.3) is 11.4 Å². The van der Waals surface area contributed by atoms with E-state index >= 15 is 0 Å². The Labute approximate surface area is 198 Å². The fraction of sp³-hybridized carbons (Fsp3) is 0.346. The standard InChI is InChI=1S/C26H28N4O4/c1-26(2)13-17-22(18(31)14-26)23(16-8-6-7-9-19(16)32-3)30-25(27-17)28-24(29-30)15-10-11-20(33-4)21(12-15)34-5/h6-12,23H,13-14H2,1-5H3,(H,27,28,29). The molecule has 1 N–H and O–H groups in total. The summed E-state index contributed by atoms with van der Waals surface area (Å²) in [6.45, 7) is 4.23. The summed E-state index contributed by atoms with van der Waals surface area (Å²) in [6, 6.07) is 12.9. The maximum absolute atomic E-state index is 13.4. The Morgan fingerprint density at radius 1 is 0.971 bits per heavy atom. The van der Waals surface area contributed by atoms with Gasteiger partial charge in [-0.3, -0.25) is 4.79 Å². The van der Waals surface area contributed by atoms with E-state index in [-0.39, 0.29) is 11.2 Å². The number of ether oxygens (including phenoxy) is 3. The van der Waals surface area contributed by atoms with Crippen LogP contribution in [-0.4, -0.2) is 41.9 Å². The molecule has 0 bridgehead atoms. The van der Waals surface area contributed by atoms with Crippen LogP contribution in [0.1, 0.15) is 38.3 Å². The number of carbonyl (C=O) groups excluding carboxylic acids is 1. The van der Waals surface area contributed by atoms with Gasteiger partial charge < -0.3 is 19.5 Å². The molecule has 2 heterocycles. The molecular weight excluding hydrogens is 432 g/mol. The molecule has 1 aromatic heterocycles. The maximum atomic E-state index is 13.4. The van der Waals surface area contributed by atoms with E-state index in [4.69, 9.17) is 24.3 Å². The highest BCUT2D eigenvalue weighted by Gasteiger charge is 2.42. The van der Waals surface area contributed by atoms with Crippen molar-refractivity contribution in [3.05, 3.63) is 59.3 Å². The van der Waals surface area contributed by atoms with Crippen molar-refractivity contribution >= 4 is 11.7 Å². The van der Waals surface area contributed by atoms with Crippen molar-refractivity contribution in [3.8, 4) is 28.6 Å². The number of para-hydroxylation sites is 1. The molecule has 0 fully saturated rings. The minimum absolute atomic E-state index is 0.114. The molecule has 176 valence electrons. The minimum Gasteiger partial charge on any atom is -0.496 e. The predicted molar refractivity (Wildman–Crippen MR) is 128 cm³/mol. The number of anilines is 1. The van der Waals surface area contributed by atoms with E-state index in [1.54, 1.807) is 26.0 Å².